The number of halogens is 1. The maximum atomic E-state index is 13.8. The third kappa shape index (κ3) is 6.27. The summed E-state index contributed by atoms with van der Waals surface area (Å²) < 4.78 is 44.7. The number of sulfonamides is 1. The number of benzene rings is 2. The van der Waals surface area contributed by atoms with E-state index in [1.807, 2.05) is 6.07 Å². The number of amides is 1. The highest BCUT2D eigenvalue weighted by Crippen LogP contribution is 2.20. The number of hydrogen-bond acceptors (Lipinski definition) is 5. The van der Waals surface area contributed by atoms with Gasteiger partial charge in [-0.1, -0.05) is 18.2 Å². The second-order valence-electron chi connectivity index (χ2n) is 8.04. The monoisotopic (exact) mass is 463 g/mol. The quantitative estimate of drug-likeness (QED) is 0.578. The lowest BCUT2D eigenvalue weighted by Gasteiger charge is -2.31. The molecule has 1 aliphatic heterocycles. The number of hydrogen-bond donors (Lipinski definition) is 1. The lowest BCUT2D eigenvalue weighted by Crippen LogP contribution is -2.41. The van der Waals surface area contributed by atoms with Crippen LogP contribution in [0, 0.1) is 11.7 Å². The van der Waals surface area contributed by atoms with Gasteiger partial charge >= 0.3 is 0 Å². The van der Waals surface area contributed by atoms with Crippen LogP contribution in [0.2, 0.25) is 0 Å². The van der Waals surface area contributed by atoms with Gasteiger partial charge in [-0.05, 0) is 56.3 Å². The van der Waals surface area contributed by atoms with Gasteiger partial charge in [0.1, 0.15) is 18.2 Å². The minimum Gasteiger partial charge on any atom is -0.492 e. The first-order valence-electron chi connectivity index (χ1n) is 10.7. The summed E-state index contributed by atoms with van der Waals surface area (Å²) in [5, 5.41) is 2.90. The highest BCUT2D eigenvalue weighted by Gasteiger charge is 2.25. The largest absolute Gasteiger partial charge is 0.492 e. The van der Waals surface area contributed by atoms with Gasteiger partial charge in [0, 0.05) is 32.1 Å². The summed E-state index contributed by atoms with van der Waals surface area (Å²) in [7, 11) is -0.505. The minimum absolute atomic E-state index is 0.00608. The summed E-state index contributed by atoms with van der Waals surface area (Å²) in [6.07, 6.45) is 1.48. The average Bonchev–Trinajstić information content (AvgIpc) is 2.79. The zero-order valence-corrected chi connectivity index (χ0v) is 19.3. The minimum atomic E-state index is -3.47. The smallest absolute Gasteiger partial charge is 0.242 e. The van der Waals surface area contributed by atoms with Gasteiger partial charge in [-0.15, -0.1) is 0 Å². The Labute approximate surface area is 189 Å². The molecule has 2 aromatic carbocycles. The number of ether oxygens (including phenoxy) is 1. The molecule has 0 unspecified atom stereocenters. The fourth-order valence-electron chi connectivity index (χ4n) is 3.63. The van der Waals surface area contributed by atoms with Crippen molar-refractivity contribution in [2.75, 3.05) is 40.3 Å². The number of carbonyl (C=O) groups excluding carboxylic acids is 1. The number of piperidine rings is 1. The number of rotatable bonds is 9. The Balaban J connectivity index is 1.36. The molecule has 7 nitrogen and oxygen atoms in total. The molecular formula is C23H30FN3O4S. The molecule has 9 heteroatoms. The van der Waals surface area contributed by atoms with Crippen LogP contribution >= 0.6 is 0 Å². The second kappa shape index (κ2) is 10.9. The van der Waals surface area contributed by atoms with E-state index in [0.29, 0.717) is 24.4 Å². The van der Waals surface area contributed by atoms with E-state index in [1.165, 1.54) is 32.3 Å². The molecule has 32 heavy (non-hydrogen) atoms. The SMILES string of the molecule is CN(C)S(=O)(=O)c1ccc(OCCNC(=O)C2CCN(Cc3ccccc3F)CC2)cc1. The maximum absolute atomic E-state index is 13.8. The number of nitrogens with zero attached hydrogens (tertiary/aromatic N) is 2. The van der Waals surface area contributed by atoms with Crippen LogP contribution in [0.15, 0.2) is 53.4 Å². The number of nitrogens with one attached hydrogen (secondary N) is 1. The summed E-state index contributed by atoms with van der Waals surface area (Å²) in [4.78, 5) is 14.8. The molecule has 1 amide bonds. The first kappa shape index (κ1) is 24.2. The lowest BCUT2D eigenvalue weighted by molar-refractivity contribution is -0.126. The Morgan fingerprint density at radius 3 is 2.41 bits per heavy atom. The Kier molecular flexibility index (Phi) is 8.22. The van der Waals surface area contributed by atoms with E-state index >= 15 is 0 Å². The molecule has 0 atom stereocenters. The number of likely N-dealkylation sites (tertiary alicyclic amines) is 1. The molecule has 1 aliphatic rings. The highest BCUT2D eigenvalue weighted by molar-refractivity contribution is 7.89. The van der Waals surface area contributed by atoms with Gasteiger partial charge in [-0.2, -0.15) is 0 Å². The van der Waals surface area contributed by atoms with Crippen LogP contribution in [0.1, 0.15) is 18.4 Å². The van der Waals surface area contributed by atoms with Gasteiger partial charge in [-0.25, -0.2) is 17.1 Å². The van der Waals surface area contributed by atoms with Crippen LogP contribution in [-0.4, -0.2) is 63.9 Å². The predicted molar refractivity (Wildman–Crippen MR) is 120 cm³/mol. The van der Waals surface area contributed by atoms with E-state index in [4.69, 9.17) is 4.74 Å². The van der Waals surface area contributed by atoms with Gasteiger partial charge in [0.15, 0.2) is 0 Å². The van der Waals surface area contributed by atoms with Crippen molar-refractivity contribution in [2.24, 2.45) is 5.92 Å². The van der Waals surface area contributed by atoms with E-state index in [9.17, 15) is 17.6 Å². The molecule has 3 rings (SSSR count). The summed E-state index contributed by atoms with van der Waals surface area (Å²) >= 11 is 0. The third-order valence-electron chi connectivity index (χ3n) is 5.58. The fraction of sp³-hybridized carbons (Fsp3) is 0.435. The molecule has 1 saturated heterocycles. The normalized spacial score (nSPS) is 15.6. The molecule has 1 fully saturated rings. The topological polar surface area (TPSA) is 79.0 Å². The average molecular weight is 464 g/mol. The second-order valence-corrected chi connectivity index (χ2v) is 10.2. The Hall–Kier alpha value is -2.49. The van der Waals surface area contributed by atoms with Crippen LogP contribution in [0.3, 0.4) is 0 Å². The molecule has 1 N–H and O–H groups in total. The van der Waals surface area contributed by atoms with E-state index in [-0.39, 0.29) is 29.1 Å². The van der Waals surface area contributed by atoms with Crippen LogP contribution in [0.4, 0.5) is 4.39 Å². The highest BCUT2D eigenvalue weighted by atomic mass is 32.2. The van der Waals surface area contributed by atoms with E-state index in [2.05, 4.69) is 10.2 Å². The predicted octanol–water partition coefficient (Wildman–Crippen LogP) is 2.48. The van der Waals surface area contributed by atoms with Gasteiger partial charge in [-0.3, -0.25) is 9.69 Å². The van der Waals surface area contributed by atoms with E-state index < -0.39 is 10.0 Å². The molecule has 0 saturated carbocycles. The Morgan fingerprint density at radius 2 is 1.78 bits per heavy atom. The van der Waals surface area contributed by atoms with Crippen molar-refractivity contribution < 1.29 is 22.3 Å². The molecule has 0 bridgehead atoms. The molecule has 0 spiro atoms. The number of carbonyl (C=O) groups is 1. The Morgan fingerprint density at radius 1 is 1.12 bits per heavy atom. The zero-order chi connectivity index (χ0) is 23.1. The lowest BCUT2D eigenvalue weighted by atomic mass is 9.95. The Bertz CT molecular complexity index is 1000. The summed E-state index contributed by atoms with van der Waals surface area (Å²) in [5.74, 6) is 0.300. The fourth-order valence-corrected chi connectivity index (χ4v) is 4.53. The molecule has 0 aliphatic carbocycles. The summed E-state index contributed by atoms with van der Waals surface area (Å²) in [5.41, 5.74) is 0.680. The van der Waals surface area contributed by atoms with Crippen molar-refractivity contribution in [2.45, 2.75) is 24.3 Å². The molecule has 174 valence electrons. The van der Waals surface area contributed by atoms with Gasteiger partial charge in [0.05, 0.1) is 11.4 Å². The van der Waals surface area contributed by atoms with Crippen LogP contribution in [-0.2, 0) is 21.4 Å². The van der Waals surface area contributed by atoms with Gasteiger partial charge in [0.25, 0.3) is 0 Å². The molecule has 1 heterocycles. The van der Waals surface area contributed by atoms with Crippen molar-refractivity contribution in [3.63, 3.8) is 0 Å². The van der Waals surface area contributed by atoms with Crippen molar-refractivity contribution in [1.82, 2.24) is 14.5 Å². The molecule has 2 aromatic rings. The van der Waals surface area contributed by atoms with Gasteiger partial charge in [0.2, 0.25) is 15.9 Å². The maximum Gasteiger partial charge on any atom is 0.242 e. The van der Waals surface area contributed by atoms with Gasteiger partial charge < -0.3 is 10.1 Å². The van der Waals surface area contributed by atoms with Crippen molar-refractivity contribution in [1.29, 1.82) is 0 Å². The first-order valence-corrected chi connectivity index (χ1v) is 12.1. The van der Waals surface area contributed by atoms with Crippen molar-refractivity contribution >= 4 is 15.9 Å². The summed E-state index contributed by atoms with van der Waals surface area (Å²) in [6, 6.07) is 13.0. The van der Waals surface area contributed by atoms with E-state index in [0.717, 1.165) is 30.2 Å². The van der Waals surface area contributed by atoms with E-state index in [1.54, 1.807) is 24.3 Å². The van der Waals surface area contributed by atoms with Crippen molar-refractivity contribution in [3.05, 3.63) is 59.9 Å². The third-order valence-corrected chi connectivity index (χ3v) is 7.41. The van der Waals surface area contributed by atoms with Crippen LogP contribution < -0.4 is 10.1 Å². The first-order chi connectivity index (χ1) is 15.3. The van der Waals surface area contributed by atoms with Crippen molar-refractivity contribution in [3.8, 4) is 5.75 Å². The zero-order valence-electron chi connectivity index (χ0n) is 18.5. The standard InChI is InChI=1S/C23H30FN3O4S/c1-26(2)32(29,30)21-9-7-20(8-10-21)31-16-13-25-23(28)18-11-14-27(15-12-18)17-19-5-3-4-6-22(19)24/h3-10,18H,11-17H2,1-2H3,(H,25,28). The van der Waals surface area contributed by atoms with Crippen LogP contribution in [0.5, 0.6) is 5.75 Å². The van der Waals surface area contributed by atoms with Crippen LogP contribution in [0.25, 0.3) is 0 Å². The summed E-state index contributed by atoms with van der Waals surface area (Å²) in [6.45, 7) is 2.73. The molecular weight excluding hydrogens is 433 g/mol. The molecule has 0 radical (unpaired) electrons. The molecule has 0 aromatic heterocycles.